The molecule has 2 unspecified atom stereocenters. The van der Waals surface area contributed by atoms with Gasteiger partial charge in [-0.3, -0.25) is 18.6 Å². The minimum absolute atomic E-state index is 0.0191. The van der Waals surface area contributed by atoms with Crippen LogP contribution >= 0.6 is 7.82 Å². The highest BCUT2D eigenvalue weighted by Gasteiger charge is 2.27. The number of carbonyl (C=O) groups is 2. The van der Waals surface area contributed by atoms with Crippen LogP contribution in [0.15, 0.2) is 182 Å². The molecule has 0 aromatic carbocycles. The lowest BCUT2D eigenvalue weighted by Crippen LogP contribution is -2.37. The molecule has 0 aromatic heterocycles. The van der Waals surface area contributed by atoms with Crippen LogP contribution in [0.5, 0.6) is 0 Å². The fourth-order valence-electron chi connectivity index (χ4n) is 9.07. The molecule has 90 heavy (non-hydrogen) atoms. The molecule has 2 atom stereocenters. The Morgan fingerprint density at radius 3 is 0.889 bits per heavy atom. The highest BCUT2D eigenvalue weighted by molar-refractivity contribution is 7.47. The van der Waals surface area contributed by atoms with Crippen molar-refractivity contribution >= 4 is 19.8 Å². The molecule has 0 aliphatic carbocycles. The molecule has 9 nitrogen and oxygen atoms in total. The maximum Gasteiger partial charge on any atom is 0.472 e. The summed E-state index contributed by atoms with van der Waals surface area (Å²) in [6.45, 7) is 4.17. The Bertz CT molecular complexity index is 2170. The second kappa shape index (κ2) is 68.5. The van der Waals surface area contributed by atoms with Crippen LogP contribution in [0.4, 0.5) is 0 Å². The van der Waals surface area contributed by atoms with E-state index in [1.165, 1.54) is 70.6 Å². The number of unbranched alkanes of at least 4 members (excludes halogenated alkanes) is 19. The average molecular weight is 1270 g/mol. The second-order valence-corrected chi connectivity index (χ2v) is 25.6. The number of nitrogens with zero attached hydrogens (tertiary/aromatic N) is 1. The van der Waals surface area contributed by atoms with E-state index in [4.69, 9.17) is 18.5 Å². The summed E-state index contributed by atoms with van der Waals surface area (Å²) < 4.78 is 34.7. The van der Waals surface area contributed by atoms with Gasteiger partial charge in [0.05, 0.1) is 27.7 Å². The van der Waals surface area contributed by atoms with E-state index in [-0.39, 0.29) is 26.1 Å². The molecule has 0 fully saturated rings. The number of quaternary nitrogens is 1. The van der Waals surface area contributed by atoms with Crippen LogP contribution < -0.4 is 0 Å². The summed E-state index contributed by atoms with van der Waals surface area (Å²) in [6.07, 6.45) is 106. The van der Waals surface area contributed by atoms with Gasteiger partial charge < -0.3 is 18.9 Å². The van der Waals surface area contributed by atoms with Gasteiger partial charge in [0.15, 0.2) is 6.10 Å². The molecule has 0 bridgehead atoms. The fourth-order valence-corrected chi connectivity index (χ4v) is 9.81. The Labute approximate surface area is 552 Å². The molecule has 0 saturated heterocycles. The molecule has 508 valence electrons. The number of hydrogen-bond donors (Lipinski definition) is 1. The van der Waals surface area contributed by atoms with Crippen LogP contribution in [-0.4, -0.2) is 74.9 Å². The van der Waals surface area contributed by atoms with Crippen LogP contribution in [0.2, 0.25) is 0 Å². The summed E-state index contributed by atoms with van der Waals surface area (Å²) in [6, 6.07) is 0. The number of phosphoric ester groups is 1. The average Bonchev–Trinajstić information content (AvgIpc) is 3.58. The van der Waals surface area contributed by atoms with Crippen LogP contribution in [0.25, 0.3) is 0 Å². The maximum atomic E-state index is 12.9. The van der Waals surface area contributed by atoms with Crippen LogP contribution in [0, 0.1) is 0 Å². The second-order valence-electron chi connectivity index (χ2n) is 24.2. The molecule has 0 heterocycles. The van der Waals surface area contributed by atoms with Gasteiger partial charge in [0.25, 0.3) is 0 Å². The van der Waals surface area contributed by atoms with Crippen molar-refractivity contribution in [2.75, 3.05) is 47.5 Å². The van der Waals surface area contributed by atoms with Gasteiger partial charge in [-0.25, -0.2) is 4.57 Å². The Hall–Kier alpha value is -4.89. The van der Waals surface area contributed by atoms with Gasteiger partial charge >= 0.3 is 19.8 Å². The van der Waals surface area contributed by atoms with Crippen molar-refractivity contribution in [1.29, 1.82) is 0 Å². The van der Waals surface area contributed by atoms with E-state index >= 15 is 0 Å². The Kier molecular flexibility index (Phi) is 64.8. The van der Waals surface area contributed by atoms with Crippen molar-refractivity contribution in [2.45, 2.75) is 264 Å². The van der Waals surface area contributed by atoms with Gasteiger partial charge in [0, 0.05) is 12.8 Å². The van der Waals surface area contributed by atoms with E-state index in [2.05, 4.69) is 196 Å². The Morgan fingerprint density at radius 2 is 0.600 bits per heavy atom. The van der Waals surface area contributed by atoms with Crippen molar-refractivity contribution in [3.63, 3.8) is 0 Å². The van der Waals surface area contributed by atoms with E-state index in [0.29, 0.717) is 23.9 Å². The molecular formula is C80H131NO8P+. The molecule has 0 aromatic rings. The minimum Gasteiger partial charge on any atom is -0.462 e. The van der Waals surface area contributed by atoms with Crippen LogP contribution in [0.1, 0.15) is 258 Å². The SMILES string of the molecule is CC/C=C\C/C=C\C/C=C\C/C=C\C/C=C\C/C=C\C/C=C\C/C=C\CCCCCCCCCCCCCCCCC(=O)OC(COC(=O)CCCCCCC/C=C\C/C=C\C/C=C\C/C=C\C/C=C\C/C=C\C/C=C\CC)COP(=O)(O)OCC[N+](C)(C)C. The number of likely N-dealkylation sites (N-methyl/N-ethyl adjacent to an activating group) is 1. The summed E-state index contributed by atoms with van der Waals surface area (Å²) in [5.41, 5.74) is 0. The first-order valence-corrected chi connectivity index (χ1v) is 37.0. The lowest BCUT2D eigenvalue weighted by molar-refractivity contribution is -0.870. The van der Waals surface area contributed by atoms with Gasteiger partial charge in [-0.2, -0.15) is 0 Å². The van der Waals surface area contributed by atoms with E-state index in [0.717, 1.165) is 148 Å². The molecule has 1 N–H and O–H groups in total. The molecular weight excluding hydrogens is 1130 g/mol. The molecule has 10 heteroatoms. The molecule has 0 amide bonds. The third-order valence-corrected chi connectivity index (χ3v) is 15.4. The summed E-state index contributed by atoms with van der Waals surface area (Å²) in [7, 11) is 1.44. The zero-order chi connectivity index (χ0) is 65.5. The van der Waals surface area contributed by atoms with Gasteiger partial charge in [0.1, 0.15) is 19.8 Å². The number of ether oxygens (including phenoxy) is 2. The number of phosphoric acid groups is 1. The minimum atomic E-state index is -4.41. The number of carbonyl (C=O) groups excluding carboxylic acids is 2. The van der Waals surface area contributed by atoms with Crippen molar-refractivity contribution in [1.82, 2.24) is 0 Å². The molecule has 0 aliphatic rings. The van der Waals surface area contributed by atoms with Gasteiger partial charge in [-0.15, -0.1) is 0 Å². The van der Waals surface area contributed by atoms with E-state index in [9.17, 15) is 19.0 Å². The highest BCUT2D eigenvalue weighted by atomic mass is 31.2. The third-order valence-electron chi connectivity index (χ3n) is 14.4. The molecule has 0 aliphatic heterocycles. The predicted octanol–water partition coefficient (Wildman–Crippen LogP) is 23.5. The third kappa shape index (κ3) is 72.2. The van der Waals surface area contributed by atoms with Gasteiger partial charge in [-0.1, -0.05) is 292 Å². The molecule has 0 saturated carbocycles. The largest absolute Gasteiger partial charge is 0.472 e. The first-order chi connectivity index (χ1) is 44.0. The van der Waals surface area contributed by atoms with Gasteiger partial charge in [-0.05, 0) is 135 Å². The van der Waals surface area contributed by atoms with Gasteiger partial charge in [0.2, 0.25) is 0 Å². The topological polar surface area (TPSA) is 108 Å². The molecule has 0 rings (SSSR count). The zero-order valence-corrected chi connectivity index (χ0v) is 58.7. The van der Waals surface area contributed by atoms with Crippen LogP contribution in [-0.2, 0) is 32.7 Å². The fraction of sp³-hybridized carbons (Fsp3) is 0.600. The maximum absolute atomic E-state index is 12.9. The summed E-state index contributed by atoms with van der Waals surface area (Å²) in [5.74, 6) is -0.829. The summed E-state index contributed by atoms with van der Waals surface area (Å²) in [4.78, 5) is 35.9. The summed E-state index contributed by atoms with van der Waals surface area (Å²) in [5, 5.41) is 0. The zero-order valence-electron chi connectivity index (χ0n) is 57.8. The number of allylic oxidation sites excluding steroid dienone is 30. The molecule has 0 radical (unpaired) electrons. The van der Waals surface area contributed by atoms with Crippen molar-refractivity contribution in [3.05, 3.63) is 182 Å². The first kappa shape index (κ1) is 85.1. The van der Waals surface area contributed by atoms with Crippen molar-refractivity contribution in [2.24, 2.45) is 0 Å². The van der Waals surface area contributed by atoms with Crippen molar-refractivity contribution in [3.8, 4) is 0 Å². The Balaban J connectivity index is 4.12. The molecule has 0 spiro atoms. The van der Waals surface area contributed by atoms with E-state index < -0.39 is 32.5 Å². The van der Waals surface area contributed by atoms with Crippen LogP contribution in [0.3, 0.4) is 0 Å². The first-order valence-electron chi connectivity index (χ1n) is 35.5. The predicted molar refractivity (Wildman–Crippen MR) is 389 cm³/mol. The highest BCUT2D eigenvalue weighted by Crippen LogP contribution is 2.43. The van der Waals surface area contributed by atoms with Crippen molar-refractivity contribution < 1.29 is 42.1 Å². The smallest absolute Gasteiger partial charge is 0.462 e. The number of hydrogen-bond acceptors (Lipinski definition) is 7. The lowest BCUT2D eigenvalue weighted by Gasteiger charge is -2.24. The standard InChI is InChI=1S/C80H130NO8P/c1-6-8-10-12-14-16-18-20-22-24-26-28-30-32-34-35-36-37-38-39-40-41-42-43-44-45-47-49-51-53-55-57-59-61-63-65-67-69-71-73-80(83)89-78(77-88-90(84,85)87-75-74-81(3,4)5)76-86-79(82)72-70-68-66-64-62-60-58-56-54-52-50-48-46-33-31-29-27-25-23-21-19-17-15-13-11-9-7-2/h8-11,14-17,20-23,26-29,32-34,36-37,39-40,42-43,46,50,52,56,58,78H,6-7,12-13,18-19,24-25,30-31,35,38,41,44-45,47-49,51,53-55,57,59-77H2,1-5H3/p+1/b10-8-,11-9-,16-14-,17-15-,22-20-,23-21-,28-26-,29-27-,34-32-,37-36-,40-39-,43-42-,46-33-,52-50-,58-56-. The number of rotatable bonds is 63. The van der Waals surface area contributed by atoms with E-state index in [1.54, 1.807) is 0 Å². The quantitative estimate of drug-likeness (QED) is 0.0211. The lowest BCUT2D eigenvalue weighted by atomic mass is 10.0. The Morgan fingerprint density at radius 1 is 0.344 bits per heavy atom. The number of esters is 2. The normalized spacial score (nSPS) is 14.2. The summed E-state index contributed by atoms with van der Waals surface area (Å²) >= 11 is 0. The van der Waals surface area contributed by atoms with E-state index in [1.807, 2.05) is 21.1 Å². The monoisotopic (exact) mass is 1260 g/mol.